The van der Waals surface area contributed by atoms with Crippen molar-refractivity contribution in [3.63, 3.8) is 0 Å². The minimum absolute atomic E-state index is 0.301. The Hall–Kier alpha value is -1.89. The number of ether oxygens (including phenoxy) is 1. The van der Waals surface area contributed by atoms with E-state index in [1.54, 1.807) is 11.6 Å². The van der Waals surface area contributed by atoms with Crippen molar-refractivity contribution in [3.8, 4) is 5.69 Å². The monoisotopic (exact) mass is 306 g/mol. The van der Waals surface area contributed by atoms with E-state index in [9.17, 15) is 4.79 Å². The molecule has 0 bridgehead atoms. The van der Waals surface area contributed by atoms with Crippen LogP contribution in [0, 0.1) is 0 Å². The summed E-state index contributed by atoms with van der Waals surface area (Å²) in [6.45, 7) is 6.05. The Balaban J connectivity index is 2.21. The smallest absolute Gasteiger partial charge is 0.318 e. The summed E-state index contributed by atoms with van der Waals surface area (Å²) < 4.78 is 6.33. The van der Waals surface area contributed by atoms with Gasteiger partial charge in [0.05, 0.1) is 12.8 Å². The first-order valence-electron chi connectivity index (χ1n) is 6.66. The molecule has 7 heteroatoms. The zero-order chi connectivity index (χ0) is 15.4. The fraction of sp³-hybridized carbons (Fsp3) is 0.429. The third kappa shape index (κ3) is 3.60. The van der Waals surface area contributed by atoms with Crippen LogP contribution in [0.25, 0.3) is 5.69 Å². The molecule has 0 radical (unpaired) electrons. The average molecular weight is 306 g/mol. The molecule has 1 heterocycles. The quantitative estimate of drug-likeness (QED) is 0.624. The highest BCUT2D eigenvalue weighted by Crippen LogP contribution is 2.24. The molecule has 2 rings (SSSR count). The number of hydrogen-bond acceptors (Lipinski definition) is 6. The van der Waals surface area contributed by atoms with Crippen molar-refractivity contribution >= 4 is 17.7 Å². The number of benzene rings is 1. The standard InChI is InChI=1S/C14H18N4O2S/c1-9(2)11-5-7-12(8-6-11)18-14(15-16-17-18)21-10(3)13(19)20-4/h5-10H,1-4H3/t10-/m1/s1. The lowest BCUT2D eigenvalue weighted by Gasteiger charge is -2.10. The van der Waals surface area contributed by atoms with E-state index < -0.39 is 0 Å². The molecule has 0 N–H and O–H groups in total. The van der Waals surface area contributed by atoms with Gasteiger partial charge in [0, 0.05) is 0 Å². The minimum Gasteiger partial charge on any atom is -0.468 e. The van der Waals surface area contributed by atoms with Crippen molar-refractivity contribution in [3.05, 3.63) is 29.8 Å². The molecule has 0 aliphatic heterocycles. The largest absolute Gasteiger partial charge is 0.468 e. The van der Waals surface area contributed by atoms with Crippen LogP contribution in [0.1, 0.15) is 32.3 Å². The summed E-state index contributed by atoms with van der Waals surface area (Å²) in [7, 11) is 1.37. The van der Waals surface area contributed by atoms with E-state index in [0.717, 1.165) is 5.69 Å². The van der Waals surface area contributed by atoms with Crippen LogP contribution in [0.2, 0.25) is 0 Å². The predicted octanol–water partition coefficient (Wildman–Crippen LogP) is 2.44. The highest BCUT2D eigenvalue weighted by Gasteiger charge is 2.19. The van der Waals surface area contributed by atoms with Gasteiger partial charge in [-0.2, -0.15) is 4.68 Å². The van der Waals surface area contributed by atoms with E-state index in [0.29, 0.717) is 11.1 Å². The van der Waals surface area contributed by atoms with Crippen LogP contribution in [-0.2, 0) is 9.53 Å². The molecule has 1 aromatic heterocycles. The number of aromatic nitrogens is 4. The number of carbonyl (C=O) groups is 1. The first kappa shape index (κ1) is 15.5. The maximum Gasteiger partial charge on any atom is 0.318 e. The molecule has 0 aliphatic carbocycles. The first-order chi connectivity index (χ1) is 10.0. The minimum atomic E-state index is -0.366. The molecule has 0 saturated carbocycles. The van der Waals surface area contributed by atoms with Crippen LogP contribution in [0.5, 0.6) is 0 Å². The lowest BCUT2D eigenvalue weighted by Crippen LogP contribution is -2.15. The first-order valence-corrected chi connectivity index (χ1v) is 7.54. The van der Waals surface area contributed by atoms with Gasteiger partial charge in [-0.1, -0.05) is 37.7 Å². The second-order valence-electron chi connectivity index (χ2n) is 4.90. The Morgan fingerprint density at radius 1 is 1.24 bits per heavy atom. The molecule has 0 aliphatic rings. The van der Waals surface area contributed by atoms with Crippen molar-refractivity contribution in [2.75, 3.05) is 7.11 Å². The van der Waals surface area contributed by atoms with Gasteiger partial charge < -0.3 is 4.74 Å². The van der Waals surface area contributed by atoms with Crippen molar-refractivity contribution < 1.29 is 9.53 Å². The van der Waals surface area contributed by atoms with Gasteiger partial charge in [-0.15, -0.1) is 5.10 Å². The van der Waals surface area contributed by atoms with Gasteiger partial charge in [-0.05, 0) is 41.0 Å². The van der Waals surface area contributed by atoms with Crippen LogP contribution >= 0.6 is 11.8 Å². The summed E-state index contributed by atoms with van der Waals surface area (Å²) in [6.07, 6.45) is 0. The summed E-state index contributed by atoms with van der Waals surface area (Å²) in [4.78, 5) is 11.5. The molecule has 21 heavy (non-hydrogen) atoms. The third-order valence-electron chi connectivity index (χ3n) is 3.06. The molecule has 112 valence electrons. The molecule has 6 nitrogen and oxygen atoms in total. The molecular weight excluding hydrogens is 288 g/mol. The summed E-state index contributed by atoms with van der Waals surface area (Å²) >= 11 is 1.27. The highest BCUT2D eigenvalue weighted by molar-refractivity contribution is 8.00. The lowest BCUT2D eigenvalue weighted by atomic mass is 10.0. The summed E-state index contributed by atoms with van der Waals surface area (Å²) in [5.41, 5.74) is 2.12. The van der Waals surface area contributed by atoms with E-state index in [1.165, 1.54) is 24.4 Å². The lowest BCUT2D eigenvalue weighted by molar-refractivity contribution is -0.139. The van der Waals surface area contributed by atoms with Crippen LogP contribution in [-0.4, -0.2) is 38.5 Å². The van der Waals surface area contributed by atoms with Crippen molar-refractivity contribution in [2.45, 2.75) is 37.1 Å². The van der Waals surface area contributed by atoms with Crippen LogP contribution in [0.15, 0.2) is 29.4 Å². The van der Waals surface area contributed by atoms with Gasteiger partial charge in [-0.3, -0.25) is 4.79 Å². The molecule has 0 amide bonds. The van der Waals surface area contributed by atoms with Crippen LogP contribution < -0.4 is 0 Å². The van der Waals surface area contributed by atoms with Crippen LogP contribution in [0.3, 0.4) is 0 Å². The Bertz CT molecular complexity index is 610. The predicted molar refractivity (Wildman–Crippen MR) is 80.6 cm³/mol. The summed E-state index contributed by atoms with van der Waals surface area (Å²) in [5, 5.41) is 11.8. The number of nitrogens with zero attached hydrogens (tertiary/aromatic N) is 4. The van der Waals surface area contributed by atoms with Gasteiger partial charge in [-0.25, -0.2) is 0 Å². The second kappa shape index (κ2) is 6.71. The average Bonchev–Trinajstić information content (AvgIpc) is 2.94. The molecular formula is C14H18N4O2S. The zero-order valence-corrected chi connectivity index (χ0v) is 13.3. The number of tetrazole rings is 1. The van der Waals surface area contributed by atoms with Crippen molar-refractivity contribution in [1.82, 2.24) is 20.2 Å². The summed E-state index contributed by atoms with van der Waals surface area (Å²) in [5.74, 6) is 0.172. The normalized spacial score (nSPS) is 12.4. The van der Waals surface area contributed by atoms with Gasteiger partial charge in [0.15, 0.2) is 0 Å². The number of esters is 1. The Labute approximate surface area is 127 Å². The van der Waals surface area contributed by atoms with Crippen molar-refractivity contribution in [2.24, 2.45) is 0 Å². The Morgan fingerprint density at radius 3 is 2.48 bits per heavy atom. The number of hydrogen-bond donors (Lipinski definition) is 0. The SMILES string of the molecule is COC(=O)[C@@H](C)Sc1nnnn1-c1ccc(C(C)C)cc1. The van der Waals surface area contributed by atoms with E-state index in [1.807, 2.05) is 12.1 Å². The number of methoxy groups -OCH3 is 1. The van der Waals surface area contributed by atoms with E-state index in [-0.39, 0.29) is 11.2 Å². The molecule has 2 aromatic rings. The number of carbonyl (C=O) groups excluding carboxylic acids is 1. The number of rotatable bonds is 5. The fourth-order valence-corrected chi connectivity index (χ4v) is 2.62. The van der Waals surface area contributed by atoms with Gasteiger partial charge in [0.1, 0.15) is 5.25 Å². The molecule has 0 saturated heterocycles. The van der Waals surface area contributed by atoms with Gasteiger partial charge in [0.2, 0.25) is 5.16 Å². The van der Waals surface area contributed by atoms with Crippen molar-refractivity contribution in [1.29, 1.82) is 0 Å². The van der Waals surface area contributed by atoms with Crippen LogP contribution in [0.4, 0.5) is 0 Å². The van der Waals surface area contributed by atoms with E-state index >= 15 is 0 Å². The number of thioether (sulfide) groups is 1. The van der Waals surface area contributed by atoms with Gasteiger partial charge in [0.25, 0.3) is 0 Å². The zero-order valence-electron chi connectivity index (χ0n) is 12.5. The fourth-order valence-electron chi connectivity index (χ4n) is 1.79. The maximum atomic E-state index is 11.5. The molecule has 1 aromatic carbocycles. The molecule has 1 atom stereocenters. The Kier molecular flexibility index (Phi) is 4.95. The van der Waals surface area contributed by atoms with E-state index in [4.69, 9.17) is 4.74 Å². The maximum absolute atomic E-state index is 11.5. The topological polar surface area (TPSA) is 69.9 Å². The molecule has 0 unspecified atom stereocenters. The molecule has 0 spiro atoms. The second-order valence-corrected chi connectivity index (χ2v) is 6.21. The summed E-state index contributed by atoms with van der Waals surface area (Å²) in [6, 6.07) is 8.05. The Morgan fingerprint density at radius 2 is 1.90 bits per heavy atom. The third-order valence-corrected chi connectivity index (χ3v) is 4.07. The molecule has 0 fully saturated rings. The van der Waals surface area contributed by atoms with E-state index in [2.05, 4.69) is 41.5 Å². The van der Waals surface area contributed by atoms with Gasteiger partial charge >= 0.3 is 5.97 Å². The highest BCUT2D eigenvalue weighted by atomic mass is 32.2.